The van der Waals surface area contributed by atoms with Gasteiger partial charge in [-0.25, -0.2) is 9.24 Å². The van der Waals surface area contributed by atoms with Crippen molar-refractivity contribution >= 4 is 23.7 Å². The highest BCUT2D eigenvalue weighted by molar-refractivity contribution is 9.09. The summed E-state index contributed by atoms with van der Waals surface area (Å²) in [5, 5.41) is 0.753. The van der Waals surface area contributed by atoms with Gasteiger partial charge in [0, 0.05) is 11.9 Å². The van der Waals surface area contributed by atoms with Crippen LogP contribution in [0.25, 0.3) is 0 Å². The van der Waals surface area contributed by atoms with Gasteiger partial charge in [0.1, 0.15) is 0 Å². The number of rotatable bonds is 13. The Labute approximate surface area is 293 Å². The van der Waals surface area contributed by atoms with Crippen LogP contribution in [-0.2, 0) is 13.6 Å². The van der Waals surface area contributed by atoms with Crippen LogP contribution in [0.1, 0.15) is 145 Å². The Balaban J connectivity index is 1.28. The summed E-state index contributed by atoms with van der Waals surface area (Å²) in [6, 6.07) is 0. The van der Waals surface area contributed by atoms with Crippen LogP contribution in [0.5, 0.6) is 0 Å². The molecule has 4 fully saturated rings. The van der Waals surface area contributed by atoms with Crippen molar-refractivity contribution in [1.82, 2.24) is 4.67 Å². The number of halogens is 1. The van der Waals surface area contributed by atoms with Crippen LogP contribution in [0, 0.1) is 64.1 Å². The highest BCUT2D eigenvalue weighted by Crippen LogP contribution is 2.68. The van der Waals surface area contributed by atoms with E-state index in [-0.39, 0.29) is 17.6 Å². The van der Waals surface area contributed by atoms with E-state index in [2.05, 4.69) is 77.4 Å². The van der Waals surface area contributed by atoms with E-state index in [9.17, 15) is 4.57 Å². The average molecular weight is 725 g/mol. The molecule has 0 spiro atoms. The zero-order valence-corrected chi connectivity index (χ0v) is 33.7. The summed E-state index contributed by atoms with van der Waals surface area (Å²) >= 11 is 3.59. The van der Waals surface area contributed by atoms with Crippen LogP contribution in [-0.4, -0.2) is 35.8 Å². The number of hydrogen-bond acceptors (Lipinski definition) is 3. The fraction of sp³-hybridized carbons (Fsp3) is 0.950. The minimum absolute atomic E-state index is 0.000538. The standard InChI is InChI=1S/C40H71BrNO3P/c1-27(2)11-10-12-30(6)35-17-18-36-34-16-14-31-26-32(19-21-39(31,7)37(34)20-22-40(35,36)8)44-46(43,42(9)24-23-41)45-38-25-29(5)13-15-33(38)28(3)4/h14,27-30,32-38H,10-13,15-26H2,1-9H3/t29-,30-,32?,33+,34+,35-,36+,37+,38-,39+,40-,46?/m1/s1. The molecule has 4 nitrogen and oxygen atoms in total. The maximum Gasteiger partial charge on any atom is 0.408 e. The molecule has 5 aliphatic rings. The van der Waals surface area contributed by atoms with Gasteiger partial charge in [-0.1, -0.05) is 109 Å². The van der Waals surface area contributed by atoms with E-state index in [1.807, 2.05) is 11.7 Å². The maximum atomic E-state index is 14.8. The van der Waals surface area contributed by atoms with Crippen LogP contribution in [0.2, 0.25) is 0 Å². The summed E-state index contributed by atoms with van der Waals surface area (Å²) in [7, 11) is -1.50. The van der Waals surface area contributed by atoms with Gasteiger partial charge < -0.3 is 0 Å². The lowest BCUT2D eigenvalue weighted by atomic mass is 9.47. The first-order valence-electron chi connectivity index (χ1n) is 19.7. The van der Waals surface area contributed by atoms with Crippen molar-refractivity contribution in [2.45, 2.75) is 157 Å². The average Bonchev–Trinajstić information content (AvgIpc) is 3.34. The summed E-state index contributed by atoms with van der Waals surface area (Å²) in [4.78, 5) is 0. The molecule has 0 saturated heterocycles. The molecule has 0 heterocycles. The molecule has 5 rings (SSSR count). The molecule has 0 aromatic rings. The highest BCUT2D eigenvalue weighted by Gasteiger charge is 2.59. The Morgan fingerprint density at radius 1 is 0.978 bits per heavy atom. The number of allylic oxidation sites excluding steroid dienone is 1. The molecular weight excluding hydrogens is 653 g/mol. The summed E-state index contributed by atoms with van der Waals surface area (Å²) in [6.45, 7) is 20.2. The van der Waals surface area contributed by atoms with Crippen LogP contribution < -0.4 is 0 Å². The third-order valence-corrected chi connectivity index (χ3v) is 17.1. The van der Waals surface area contributed by atoms with Gasteiger partial charge in [-0.3, -0.25) is 9.05 Å². The first-order chi connectivity index (χ1) is 21.7. The van der Waals surface area contributed by atoms with Crippen molar-refractivity contribution in [1.29, 1.82) is 0 Å². The molecule has 46 heavy (non-hydrogen) atoms. The second-order valence-electron chi connectivity index (χ2n) is 18.3. The summed E-state index contributed by atoms with van der Waals surface area (Å²) < 4.78 is 30.1. The quantitative estimate of drug-likeness (QED) is 0.108. The van der Waals surface area contributed by atoms with E-state index >= 15 is 0 Å². The second-order valence-corrected chi connectivity index (χ2v) is 21.1. The minimum atomic E-state index is -3.44. The molecule has 0 radical (unpaired) electrons. The van der Waals surface area contributed by atoms with Gasteiger partial charge in [-0.05, 0) is 135 Å². The molecule has 5 aliphatic carbocycles. The van der Waals surface area contributed by atoms with Gasteiger partial charge >= 0.3 is 7.75 Å². The van der Waals surface area contributed by atoms with Crippen molar-refractivity contribution in [3.63, 3.8) is 0 Å². The molecule has 0 aliphatic heterocycles. The Morgan fingerprint density at radius 2 is 1.74 bits per heavy atom. The zero-order valence-electron chi connectivity index (χ0n) is 31.2. The first kappa shape index (κ1) is 37.6. The van der Waals surface area contributed by atoms with Crippen molar-refractivity contribution in [2.75, 3.05) is 18.9 Å². The minimum Gasteiger partial charge on any atom is -0.293 e. The number of fused-ring (bicyclic) bond motifs is 5. The van der Waals surface area contributed by atoms with E-state index < -0.39 is 7.75 Å². The van der Waals surface area contributed by atoms with Crippen LogP contribution in [0.4, 0.5) is 0 Å². The largest absolute Gasteiger partial charge is 0.408 e. The maximum absolute atomic E-state index is 14.8. The van der Waals surface area contributed by atoms with E-state index in [1.165, 1.54) is 57.8 Å². The molecule has 0 aromatic carbocycles. The Morgan fingerprint density at radius 3 is 2.43 bits per heavy atom. The van der Waals surface area contributed by atoms with Crippen LogP contribution in [0.15, 0.2) is 11.6 Å². The Bertz CT molecular complexity index is 1090. The normalized spacial score (nSPS) is 41.5. The van der Waals surface area contributed by atoms with Crippen LogP contribution in [0.3, 0.4) is 0 Å². The first-order valence-corrected chi connectivity index (χ1v) is 22.3. The SMILES string of the molecule is CC(C)CCC[C@@H](C)[C@H]1CC[C@H]2[C@@H]3CC=C4CC(OP(=O)(O[C@@H]5C[C@H](C)CC[C@H]5C(C)C)N(C)CCBr)CC[C@]4(C)[C@H]3CC[C@]12C. The fourth-order valence-electron chi connectivity index (χ4n) is 11.8. The van der Waals surface area contributed by atoms with Gasteiger partial charge in [-0.2, -0.15) is 0 Å². The lowest BCUT2D eigenvalue weighted by Gasteiger charge is -2.58. The predicted octanol–water partition coefficient (Wildman–Crippen LogP) is 12.3. The topological polar surface area (TPSA) is 38.8 Å². The Kier molecular flexibility index (Phi) is 12.5. The molecule has 0 aromatic heterocycles. The fourth-order valence-corrected chi connectivity index (χ4v) is 14.4. The smallest absolute Gasteiger partial charge is 0.293 e. The molecule has 0 amide bonds. The van der Waals surface area contributed by atoms with Gasteiger partial charge in [0.05, 0.1) is 12.2 Å². The number of nitrogens with zero attached hydrogens (tertiary/aromatic N) is 1. The van der Waals surface area contributed by atoms with Gasteiger partial charge in [0.2, 0.25) is 0 Å². The van der Waals surface area contributed by atoms with Crippen molar-refractivity contribution in [3.8, 4) is 0 Å². The van der Waals surface area contributed by atoms with Crippen LogP contribution >= 0.6 is 23.7 Å². The highest BCUT2D eigenvalue weighted by atomic mass is 79.9. The molecule has 0 bridgehead atoms. The van der Waals surface area contributed by atoms with Crippen molar-refractivity contribution < 1.29 is 13.6 Å². The Hall–Kier alpha value is 0.330. The molecule has 2 unspecified atom stereocenters. The van der Waals surface area contributed by atoms with Gasteiger partial charge in [0.15, 0.2) is 0 Å². The zero-order chi connectivity index (χ0) is 33.4. The summed E-state index contributed by atoms with van der Waals surface area (Å²) in [6.07, 6.45) is 20.2. The third-order valence-electron chi connectivity index (χ3n) is 14.6. The number of hydrogen-bond donors (Lipinski definition) is 0. The molecule has 266 valence electrons. The lowest BCUT2D eigenvalue weighted by Crippen LogP contribution is -2.51. The van der Waals surface area contributed by atoms with Crippen molar-refractivity contribution in [2.24, 2.45) is 64.1 Å². The molecule has 0 N–H and O–H groups in total. The third kappa shape index (κ3) is 7.65. The van der Waals surface area contributed by atoms with Gasteiger partial charge in [0.25, 0.3) is 0 Å². The summed E-state index contributed by atoms with van der Waals surface area (Å²) in [5.74, 6) is 6.65. The lowest BCUT2D eigenvalue weighted by molar-refractivity contribution is -0.0583. The van der Waals surface area contributed by atoms with Gasteiger partial charge in [-0.15, -0.1) is 0 Å². The van der Waals surface area contributed by atoms with Crippen molar-refractivity contribution in [3.05, 3.63) is 11.6 Å². The molecule has 12 atom stereocenters. The predicted molar refractivity (Wildman–Crippen MR) is 198 cm³/mol. The molecular formula is C40H71BrNO3P. The monoisotopic (exact) mass is 723 g/mol. The van der Waals surface area contributed by atoms with E-state index in [4.69, 9.17) is 9.05 Å². The van der Waals surface area contributed by atoms with E-state index in [0.717, 1.165) is 72.9 Å². The second kappa shape index (κ2) is 15.3. The summed E-state index contributed by atoms with van der Waals surface area (Å²) in [5.41, 5.74) is 2.39. The van der Waals surface area contributed by atoms with E-state index in [0.29, 0.717) is 29.7 Å². The van der Waals surface area contributed by atoms with E-state index in [1.54, 1.807) is 5.57 Å². The molecule has 4 saturated carbocycles. The molecule has 6 heteroatoms. The number of alkyl halides is 1.